The molecule has 0 amide bonds. The standard InChI is InChI=1S/C20H15FN2O4/c1-27-20(26)13-3-2-4-15(11-13)23-17(24)10-9-16(19(23)22)18(25)12-5-7-14(21)8-6-12/h2-11H,22H2,1H3. The van der Waals surface area contributed by atoms with Crippen LogP contribution < -0.4 is 11.3 Å². The second-order valence-electron chi connectivity index (χ2n) is 5.68. The summed E-state index contributed by atoms with van der Waals surface area (Å²) < 4.78 is 18.9. The van der Waals surface area contributed by atoms with Gasteiger partial charge in [-0.15, -0.1) is 0 Å². The lowest BCUT2D eigenvalue weighted by Gasteiger charge is -2.13. The van der Waals surface area contributed by atoms with Crippen molar-refractivity contribution in [2.75, 3.05) is 12.8 Å². The smallest absolute Gasteiger partial charge is 0.337 e. The number of hydrogen-bond donors (Lipinski definition) is 1. The number of ketones is 1. The van der Waals surface area contributed by atoms with Crippen LogP contribution in [-0.4, -0.2) is 23.4 Å². The Bertz CT molecular complexity index is 1090. The molecule has 0 atom stereocenters. The van der Waals surface area contributed by atoms with Gasteiger partial charge in [-0.2, -0.15) is 0 Å². The van der Waals surface area contributed by atoms with E-state index in [-0.39, 0.29) is 22.5 Å². The zero-order valence-electron chi connectivity index (χ0n) is 14.3. The van der Waals surface area contributed by atoms with Gasteiger partial charge in [0.05, 0.1) is 23.9 Å². The van der Waals surface area contributed by atoms with Gasteiger partial charge in [0.2, 0.25) is 0 Å². The van der Waals surface area contributed by atoms with Crippen LogP contribution in [0.5, 0.6) is 0 Å². The van der Waals surface area contributed by atoms with Crippen LogP contribution in [0, 0.1) is 5.82 Å². The Kier molecular flexibility index (Phi) is 4.85. The number of rotatable bonds is 4. The van der Waals surface area contributed by atoms with Crippen LogP contribution in [0.3, 0.4) is 0 Å². The summed E-state index contributed by atoms with van der Waals surface area (Å²) in [4.78, 5) is 36.8. The Balaban J connectivity index is 2.12. The van der Waals surface area contributed by atoms with Crippen LogP contribution in [-0.2, 0) is 4.74 Å². The predicted molar refractivity (Wildman–Crippen MR) is 97.6 cm³/mol. The summed E-state index contributed by atoms with van der Waals surface area (Å²) in [5.41, 5.74) is 6.50. The fourth-order valence-corrected chi connectivity index (χ4v) is 2.66. The maximum Gasteiger partial charge on any atom is 0.337 e. The average Bonchev–Trinajstić information content (AvgIpc) is 2.68. The Hall–Kier alpha value is -3.74. The molecule has 1 heterocycles. The first-order valence-electron chi connectivity index (χ1n) is 7.93. The summed E-state index contributed by atoms with van der Waals surface area (Å²) in [5, 5.41) is 0. The molecule has 6 nitrogen and oxygen atoms in total. The molecule has 0 unspecified atom stereocenters. The topological polar surface area (TPSA) is 91.4 Å². The van der Waals surface area contributed by atoms with Gasteiger partial charge in [0.25, 0.3) is 5.56 Å². The number of benzene rings is 2. The first-order valence-corrected chi connectivity index (χ1v) is 7.93. The van der Waals surface area contributed by atoms with Crippen molar-refractivity contribution in [1.82, 2.24) is 4.57 Å². The second kappa shape index (κ2) is 7.25. The Labute approximate surface area is 153 Å². The van der Waals surface area contributed by atoms with Crippen molar-refractivity contribution in [1.29, 1.82) is 0 Å². The monoisotopic (exact) mass is 366 g/mol. The zero-order chi connectivity index (χ0) is 19.6. The van der Waals surface area contributed by atoms with Gasteiger partial charge in [-0.3, -0.25) is 14.2 Å². The summed E-state index contributed by atoms with van der Waals surface area (Å²) in [6.45, 7) is 0. The fraction of sp³-hybridized carbons (Fsp3) is 0.0500. The van der Waals surface area contributed by atoms with E-state index in [1.807, 2.05) is 0 Å². The lowest BCUT2D eigenvalue weighted by molar-refractivity contribution is 0.0600. The predicted octanol–water partition coefficient (Wildman–Crippen LogP) is 2.58. The molecule has 0 spiro atoms. The third-order valence-electron chi connectivity index (χ3n) is 4.01. The van der Waals surface area contributed by atoms with Gasteiger partial charge in [0.15, 0.2) is 5.78 Å². The molecule has 0 aliphatic carbocycles. The number of hydrogen-bond acceptors (Lipinski definition) is 5. The van der Waals surface area contributed by atoms with Gasteiger partial charge in [-0.05, 0) is 48.5 Å². The largest absolute Gasteiger partial charge is 0.465 e. The third kappa shape index (κ3) is 3.48. The molecule has 2 aromatic carbocycles. The number of anilines is 1. The minimum Gasteiger partial charge on any atom is -0.465 e. The molecular weight excluding hydrogens is 351 g/mol. The average molecular weight is 366 g/mol. The van der Waals surface area contributed by atoms with Crippen LogP contribution in [0.2, 0.25) is 0 Å². The number of carbonyl (C=O) groups excluding carboxylic acids is 2. The van der Waals surface area contributed by atoms with E-state index in [0.717, 1.165) is 4.57 Å². The number of ether oxygens (including phenoxy) is 1. The van der Waals surface area contributed by atoms with Crippen molar-refractivity contribution in [3.63, 3.8) is 0 Å². The number of nitrogen functional groups attached to an aromatic ring is 1. The molecule has 0 aliphatic heterocycles. The molecule has 0 bridgehead atoms. The highest BCUT2D eigenvalue weighted by molar-refractivity contribution is 6.11. The van der Waals surface area contributed by atoms with E-state index in [1.54, 1.807) is 12.1 Å². The molecule has 7 heteroatoms. The molecule has 3 rings (SSSR count). The van der Waals surface area contributed by atoms with Crippen LogP contribution in [0.4, 0.5) is 10.2 Å². The molecule has 0 radical (unpaired) electrons. The maximum atomic E-state index is 13.1. The van der Waals surface area contributed by atoms with E-state index in [4.69, 9.17) is 5.73 Å². The van der Waals surface area contributed by atoms with E-state index in [2.05, 4.69) is 4.74 Å². The van der Waals surface area contributed by atoms with Gasteiger partial charge >= 0.3 is 5.97 Å². The van der Waals surface area contributed by atoms with Gasteiger partial charge < -0.3 is 10.5 Å². The van der Waals surface area contributed by atoms with E-state index in [0.29, 0.717) is 5.69 Å². The quantitative estimate of drug-likeness (QED) is 0.566. The molecular formula is C20H15FN2O4. The van der Waals surface area contributed by atoms with Crippen molar-refractivity contribution in [2.24, 2.45) is 0 Å². The Morgan fingerprint density at radius 2 is 1.70 bits per heavy atom. The first kappa shape index (κ1) is 18.1. The minimum atomic E-state index is -0.568. The zero-order valence-corrected chi connectivity index (χ0v) is 14.3. The number of aromatic nitrogens is 1. The highest BCUT2D eigenvalue weighted by atomic mass is 19.1. The molecule has 136 valence electrons. The molecule has 1 aromatic heterocycles. The highest BCUT2D eigenvalue weighted by Gasteiger charge is 2.17. The molecule has 0 fully saturated rings. The van der Waals surface area contributed by atoms with Crippen LogP contribution in [0.25, 0.3) is 5.69 Å². The summed E-state index contributed by atoms with van der Waals surface area (Å²) in [6, 6.07) is 13.7. The minimum absolute atomic E-state index is 0.0844. The van der Waals surface area contributed by atoms with E-state index in [1.165, 1.54) is 55.6 Å². The number of nitrogens with zero attached hydrogens (tertiary/aromatic N) is 1. The second-order valence-corrected chi connectivity index (χ2v) is 5.68. The normalized spacial score (nSPS) is 10.4. The lowest BCUT2D eigenvalue weighted by Crippen LogP contribution is -2.23. The van der Waals surface area contributed by atoms with E-state index < -0.39 is 23.1 Å². The highest BCUT2D eigenvalue weighted by Crippen LogP contribution is 2.20. The van der Waals surface area contributed by atoms with Gasteiger partial charge in [-0.1, -0.05) is 6.07 Å². The summed E-state index contributed by atoms with van der Waals surface area (Å²) in [6.07, 6.45) is 0. The van der Waals surface area contributed by atoms with E-state index in [9.17, 15) is 18.8 Å². The molecule has 2 N–H and O–H groups in total. The number of nitrogens with two attached hydrogens (primary N) is 1. The van der Waals surface area contributed by atoms with Crippen molar-refractivity contribution in [2.45, 2.75) is 0 Å². The van der Waals surface area contributed by atoms with Gasteiger partial charge in [-0.25, -0.2) is 9.18 Å². The van der Waals surface area contributed by atoms with Crippen molar-refractivity contribution < 1.29 is 18.7 Å². The maximum absolute atomic E-state index is 13.1. The molecule has 3 aromatic rings. The molecule has 27 heavy (non-hydrogen) atoms. The molecule has 0 saturated carbocycles. The number of halogens is 1. The number of pyridine rings is 1. The summed E-state index contributed by atoms with van der Waals surface area (Å²) >= 11 is 0. The van der Waals surface area contributed by atoms with Crippen molar-refractivity contribution in [3.05, 3.63) is 93.5 Å². The number of carbonyl (C=O) groups is 2. The SMILES string of the molecule is COC(=O)c1cccc(-n2c(N)c(C(=O)c3ccc(F)cc3)ccc2=O)c1. The van der Waals surface area contributed by atoms with Gasteiger partial charge in [0, 0.05) is 11.6 Å². The lowest BCUT2D eigenvalue weighted by atomic mass is 10.0. The Morgan fingerprint density at radius 1 is 1.00 bits per heavy atom. The van der Waals surface area contributed by atoms with Crippen LogP contribution in [0.1, 0.15) is 26.3 Å². The van der Waals surface area contributed by atoms with Gasteiger partial charge in [0.1, 0.15) is 11.6 Å². The molecule has 0 aliphatic rings. The molecule has 0 saturated heterocycles. The first-order chi connectivity index (χ1) is 12.9. The number of methoxy groups -OCH3 is 1. The van der Waals surface area contributed by atoms with Crippen molar-refractivity contribution in [3.8, 4) is 5.69 Å². The van der Waals surface area contributed by atoms with Crippen molar-refractivity contribution >= 4 is 17.6 Å². The van der Waals surface area contributed by atoms with Crippen LogP contribution in [0.15, 0.2) is 65.5 Å². The van der Waals surface area contributed by atoms with Crippen LogP contribution >= 0.6 is 0 Å². The number of esters is 1. The van der Waals surface area contributed by atoms with E-state index >= 15 is 0 Å². The fourth-order valence-electron chi connectivity index (χ4n) is 2.66. The third-order valence-corrected chi connectivity index (χ3v) is 4.01. The summed E-state index contributed by atoms with van der Waals surface area (Å²) in [5.74, 6) is -1.57. The summed E-state index contributed by atoms with van der Waals surface area (Å²) in [7, 11) is 1.25. The Morgan fingerprint density at radius 3 is 2.37 bits per heavy atom.